The summed E-state index contributed by atoms with van der Waals surface area (Å²) in [5.41, 5.74) is 1.57. The first-order chi connectivity index (χ1) is 11.7. The Labute approximate surface area is 147 Å². The minimum Gasteiger partial charge on any atom is -0.344 e. The van der Waals surface area contributed by atoms with Gasteiger partial charge in [-0.2, -0.15) is 0 Å². The number of hydrogen-bond acceptors (Lipinski definition) is 3. The van der Waals surface area contributed by atoms with E-state index in [4.69, 9.17) is 11.6 Å². The van der Waals surface area contributed by atoms with Crippen molar-refractivity contribution in [3.05, 3.63) is 46.7 Å². The molecule has 1 saturated carbocycles. The molecule has 5 nitrogen and oxygen atoms in total. The number of nitrogens with zero attached hydrogens (tertiary/aromatic N) is 3. The normalized spacial score (nSPS) is 16.8. The third-order valence-corrected chi connectivity index (χ3v) is 5.00. The molecule has 128 valence electrons. The summed E-state index contributed by atoms with van der Waals surface area (Å²) in [6.07, 6.45) is 7.48. The monoisotopic (exact) mass is 346 g/mol. The van der Waals surface area contributed by atoms with Gasteiger partial charge in [-0.3, -0.25) is 4.79 Å². The molecule has 1 aromatic heterocycles. The maximum Gasteiger partial charge on any atom is 0.271 e. The van der Waals surface area contributed by atoms with Crippen LogP contribution in [0.5, 0.6) is 0 Å². The summed E-state index contributed by atoms with van der Waals surface area (Å²) in [7, 11) is 0. The Bertz CT molecular complexity index is 694. The highest BCUT2D eigenvalue weighted by atomic mass is 35.5. The second-order valence-corrected chi connectivity index (χ2v) is 6.78. The van der Waals surface area contributed by atoms with Crippen molar-refractivity contribution in [2.24, 2.45) is 5.92 Å². The van der Waals surface area contributed by atoms with Crippen LogP contribution in [0.1, 0.15) is 61.1 Å². The Kier molecular flexibility index (Phi) is 5.51. The molecule has 1 fully saturated rings. The summed E-state index contributed by atoms with van der Waals surface area (Å²) in [6.45, 7) is 2.56. The lowest BCUT2D eigenvalue weighted by molar-refractivity contribution is 0.0901. The highest BCUT2D eigenvalue weighted by molar-refractivity contribution is 6.30. The number of nitrogens with one attached hydrogen (secondary N) is 1. The van der Waals surface area contributed by atoms with Gasteiger partial charge in [0, 0.05) is 11.6 Å². The summed E-state index contributed by atoms with van der Waals surface area (Å²) in [5, 5.41) is 11.7. The third kappa shape index (κ3) is 3.78. The van der Waals surface area contributed by atoms with E-state index in [9.17, 15) is 4.79 Å². The number of aryl methyl sites for hydroxylation is 1. The quantitative estimate of drug-likeness (QED) is 0.890. The first-order valence-electron chi connectivity index (χ1n) is 8.64. The van der Waals surface area contributed by atoms with Crippen molar-refractivity contribution in [2.75, 3.05) is 0 Å². The fraction of sp³-hybridized carbons (Fsp3) is 0.500. The summed E-state index contributed by atoms with van der Waals surface area (Å²) in [6, 6.07) is 7.77. The van der Waals surface area contributed by atoms with Crippen LogP contribution in [0.2, 0.25) is 5.02 Å². The maximum absolute atomic E-state index is 12.8. The molecular formula is C18H23ClN4O. The largest absolute Gasteiger partial charge is 0.344 e. The Balaban J connectivity index is 1.85. The zero-order valence-corrected chi connectivity index (χ0v) is 14.7. The average molecular weight is 347 g/mol. The van der Waals surface area contributed by atoms with Gasteiger partial charge in [0.15, 0.2) is 0 Å². The predicted octanol–water partition coefficient (Wildman–Crippen LogP) is 4.00. The van der Waals surface area contributed by atoms with Crippen molar-refractivity contribution in [1.82, 2.24) is 20.3 Å². The first-order valence-corrected chi connectivity index (χ1v) is 9.01. The third-order valence-electron chi connectivity index (χ3n) is 4.77. The summed E-state index contributed by atoms with van der Waals surface area (Å²) in [4.78, 5) is 12.8. The van der Waals surface area contributed by atoms with E-state index in [1.807, 2.05) is 31.2 Å². The van der Waals surface area contributed by atoms with Crippen molar-refractivity contribution < 1.29 is 4.79 Å². The molecule has 0 saturated heterocycles. The van der Waals surface area contributed by atoms with Crippen molar-refractivity contribution in [2.45, 2.75) is 51.6 Å². The van der Waals surface area contributed by atoms with Gasteiger partial charge < -0.3 is 5.32 Å². The standard InChI is InChI=1S/C18H23ClN4O/c1-2-23-16(12-20-22-23)18(24)21-17(13-7-4-3-5-8-13)14-9-6-10-15(19)11-14/h6,9-13,17H,2-5,7-8H2,1H3,(H,21,24). The van der Waals surface area contributed by atoms with Gasteiger partial charge in [0.2, 0.25) is 0 Å². The molecular weight excluding hydrogens is 324 g/mol. The van der Waals surface area contributed by atoms with E-state index in [1.54, 1.807) is 4.68 Å². The Morgan fingerprint density at radius 1 is 1.38 bits per heavy atom. The van der Waals surface area contributed by atoms with E-state index >= 15 is 0 Å². The van der Waals surface area contributed by atoms with E-state index in [0.29, 0.717) is 23.2 Å². The van der Waals surface area contributed by atoms with Crippen LogP contribution in [0.4, 0.5) is 0 Å². The molecule has 1 aromatic carbocycles. The second kappa shape index (κ2) is 7.79. The average Bonchev–Trinajstić information content (AvgIpc) is 3.09. The number of halogens is 1. The molecule has 1 unspecified atom stereocenters. The predicted molar refractivity (Wildman–Crippen MR) is 93.9 cm³/mol. The van der Waals surface area contributed by atoms with Gasteiger partial charge in [-0.05, 0) is 43.4 Å². The molecule has 0 spiro atoms. The van der Waals surface area contributed by atoms with Gasteiger partial charge in [-0.15, -0.1) is 5.10 Å². The highest BCUT2D eigenvalue weighted by Crippen LogP contribution is 2.35. The summed E-state index contributed by atoms with van der Waals surface area (Å²) < 4.78 is 1.62. The number of benzene rings is 1. The minimum absolute atomic E-state index is 0.0308. The molecule has 0 aliphatic heterocycles. The molecule has 6 heteroatoms. The van der Waals surface area contributed by atoms with Gasteiger partial charge in [-0.1, -0.05) is 48.2 Å². The van der Waals surface area contributed by atoms with E-state index in [1.165, 1.54) is 25.5 Å². The fourth-order valence-electron chi connectivity index (χ4n) is 3.52. The SMILES string of the molecule is CCn1nncc1C(=O)NC(c1cccc(Cl)c1)C1CCCCC1. The van der Waals surface area contributed by atoms with Crippen molar-refractivity contribution in [3.8, 4) is 0 Å². The molecule has 1 amide bonds. The van der Waals surface area contributed by atoms with Crippen LogP contribution in [-0.2, 0) is 6.54 Å². The first kappa shape index (κ1) is 17.0. The lowest BCUT2D eigenvalue weighted by atomic mass is 9.81. The Hall–Kier alpha value is -1.88. The minimum atomic E-state index is -0.127. The topological polar surface area (TPSA) is 59.8 Å². The van der Waals surface area contributed by atoms with Crippen LogP contribution >= 0.6 is 11.6 Å². The van der Waals surface area contributed by atoms with Crippen LogP contribution in [0, 0.1) is 5.92 Å². The van der Waals surface area contributed by atoms with Gasteiger partial charge in [0.25, 0.3) is 5.91 Å². The zero-order chi connectivity index (χ0) is 16.9. The lowest BCUT2D eigenvalue weighted by Gasteiger charge is -2.31. The second-order valence-electron chi connectivity index (χ2n) is 6.34. The van der Waals surface area contributed by atoms with E-state index in [0.717, 1.165) is 18.4 Å². The van der Waals surface area contributed by atoms with E-state index in [2.05, 4.69) is 15.6 Å². The molecule has 1 aliphatic carbocycles. The smallest absolute Gasteiger partial charge is 0.271 e. The molecule has 24 heavy (non-hydrogen) atoms. The van der Waals surface area contributed by atoms with Crippen LogP contribution in [0.15, 0.2) is 30.5 Å². The molecule has 1 aliphatic rings. The van der Waals surface area contributed by atoms with Gasteiger partial charge >= 0.3 is 0 Å². The van der Waals surface area contributed by atoms with Gasteiger partial charge in [0.1, 0.15) is 5.69 Å². The molecule has 3 rings (SSSR count). The summed E-state index contributed by atoms with van der Waals surface area (Å²) in [5.74, 6) is 0.310. The van der Waals surface area contributed by atoms with Gasteiger partial charge in [0.05, 0.1) is 12.2 Å². The molecule has 2 aromatic rings. The maximum atomic E-state index is 12.8. The molecule has 1 N–H and O–H groups in total. The van der Waals surface area contributed by atoms with Crippen LogP contribution in [0.25, 0.3) is 0 Å². The molecule has 0 bridgehead atoms. The highest BCUT2D eigenvalue weighted by Gasteiger charge is 2.28. The van der Waals surface area contributed by atoms with E-state index in [-0.39, 0.29) is 11.9 Å². The lowest BCUT2D eigenvalue weighted by Crippen LogP contribution is -2.35. The number of rotatable bonds is 5. The number of amides is 1. The van der Waals surface area contributed by atoms with Crippen molar-refractivity contribution in [1.29, 1.82) is 0 Å². The van der Waals surface area contributed by atoms with Crippen molar-refractivity contribution >= 4 is 17.5 Å². The molecule has 1 atom stereocenters. The number of carbonyl (C=O) groups excluding carboxylic acids is 1. The summed E-state index contributed by atoms with van der Waals surface area (Å²) >= 11 is 6.17. The van der Waals surface area contributed by atoms with E-state index < -0.39 is 0 Å². The van der Waals surface area contributed by atoms with Crippen LogP contribution in [0.3, 0.4) is 0 Å². The molecule has 0 radical (unpaired) electrons. The fourth-order valence-corrected chi connectivity index (χ4v) is 3.72. The Morgan fingerprint density at radius 3 is 2.88 bits per heavy atom. The molecule has 1 heterocycles. The van der Waals surface area contributed by atoms with Crippen LogP contribution in [-0.4, -0.2) is 20.9 Å². The zero-order valence-electron chi connectivity index (χ0n) is 13.9. The van der Waals surface area contributed by atoms with Gasteiger partial charge in [-0.25, -0.2) is 4.68 Å². The number of hydrogen-bond donors (Lipinski definition) is 1. The number of carbonyl (C=O) groups is 1. The number of aromatic nitrogens is 3. The van der Waals surface area contributed by atoms with Crippen LogP contribution < -0.4 is 5.32 Å². The van der Waals surface area contributed by atoms with Crippen molar-refractivity contribution in [3.63, 3.8) is 0 Å². The Morgan fingerprint density at radius 2 is 2.17 bits per heavy atom.